The van der Waals surface area contributed by atoms with Gasteiger partial charge in [-0.15, -0.1) is 0 Å². The van der Waals surface area contributed by atoms with Crippen LogP contribution in [-0.2, 0) is 0 Å². The zero-order valence-corrected chi connectivity index (χ0v) is 20.3. The van der Waals surface area contributed by atoms with E-state index in [2.05, 4.69) is 22.0 Å². The van der Waals surface area contributed by atoms with Gasteiger partial charge in [0.15, 0.2) is 11.5 Å². The fourth-order valence-electron chi connectivity index (χ4n) is 3.95. The molecule has 0 radical (unpaired) electrons. The minimum atomic E-state index is -0.466. The molecular weight excluding hydrogens is 484 g/mol. The van der Waals surface area contributed by atoms with Crippen LogP contribution in [0.2, 0.25) is 0 Å². The number of halogens is 1. The maximum atomic E-state index is 9.98. The summed E-state index contributed by atoms with van der Waals surface area (Å²) < 4.78 is 20.2. The predicted octanol–water partition coefficient (Wildman–Crippen LogP) is 5.35. The lowest BCUT2D eigenvalue weighted by molar-refractivity contribution is 0.275. The summed E-state index contributed by atoms with van der Waals surface area (Å²) in [4.78, 5) is 0. The number of ether oxygens (including phenoxy) is 3. The van der Waals surface area contributed by atoms with Crippen molar-refractivity contribution in [2.75, 3.05) is 13.2 Å². The van der Waals surface area contributed by atoms with E-state index < -0.39 is 5.92 Å². The van der Waals surface area contributed by atoms with E-state index in [1.807, 2.05) is 63.2 Å². The van der Waals surface area contributed by atoms with Crippen LogP contribution in [0.15, 0.2) is 58.4 Å². The number of fused-ring (bicyclic) bond motifs is 1. The number of nitrogens with two attached hydrogens (primary N) is 1. The maximum absolute atomic E-state index is 9.98. The number of nitrogens with zero attached hydrogens (tertiary/aromatic N) is 3. The van der Waals surface area contributed by atoms with Crippen LogP contribution < -0.4 is 19.9 Å². The number of allylic oxidation sites excluding steroid dienone is 1. The van der Waals surface area contributed by atoms with Crippen molar-refractivity contribution in [3.63, 3.8) is 0 Å². The Bertz CT molecular complexity index is 1240. The van der Waals surface area contributed by atoms with E-state index in [-0.39, 0.29) is 5.88 Å². The predicted molar refractivity (Wildman–Crippen MR) is 129 cm³/mol. The number of nitriles is 1. The van der Waals surface area contributed by atoms with Crippen molar-refractivity contribution in [3.8, 4) is 29.1 Å². The monoisotopic (exact) mass is 508 g/mol. The van der Waals surface area contributed by atoms with Gasteiger partial charge in [0.05, 0.1) is 40.5 Å². The van der Waals surface area contributed by atoms with Gasteiger partial charge < -0.3 is 19.9 Å². The number of aryl methyl sites for hydroxylation is 1. The second kappa shape index (κ2) is 9.59. The summed E-state index contributed by atoms with van der Waals surface area (Å²) in [5.74, 6) is 1.34. The van der Waals surface area contributed by atoms with Gasteiger partial charge in [-0.1, -0.05) is 25.1 Å². The lowest BCUT2D eigenvalue weighted by Crippen LogP contribution is -2.22. The van der Waals surface area contributed by atoms with Crippen molar-refractivity contribution < 1.29 is 14.2 Å². The van der Waals surface area contributed by atoms with Crippen LogP contribution in [-0.4, -0.2) is 23.0 Å². The first-order valence-electron chi connectivity index (χ1n) is 10.8. The van der Waals surface area contributed by atoms with E-state index in [4.69, 9.17) is 25.0 Å². The Morgan fingerprint density at radius 1 is 1.21 bits per heavy atom. The lowest BCUT2D eigenvalue weighted by Gasteiger charge is -2.26. The summed E-state index contributed by atoms with van der Waals surface area (Å²) in [7, 11) is 0. The van der Waals surface area contributed by atoms with Gasteiger partial charge in [0.2, 0.25) is 11.8 Å². The molecule has 1 atom stereocenters. The molecule has 0 saturated heterocycles. The van der Waals surface area contributed by atoms with Crippen molar-refractivity contribution in [2.45, 2.75) is 33.1 Å². The maximum Gasteiger partial charge on any atom is 0.229 e. The fourth-order valence-corrected chi connectivity index (χ4v) is 4.53. The van der Waals surface area contributed by atoms with Crippen molar-refractivity contribution in [2.24, 2.45) is 5.73 Å². The van der Waals surface area contributed by atoms with Crippen LogP contribution >= 0.6 is 15.9 Å². The summed E-state index contributed by atoms with van der Waals surface area (Å²) in [5, 5.41) is 14.7. The van der Waals surface area contributed by atoms with E-state index in [1.165, 1.54) is 0 Å². The van der Waals surface area contributed by atoms with Gasteiger partial charge >= 0.3 is 0 Å². The molecular formula is C25H25BrN4O3. The third-order valence-corrected chi connectivity index (χ3v) is 5.94. The van der Waals surface area contributed by atoms with E-state index >= 15 is 0 Å². The molecule has 0 fully saturated rings. The first-order valence-corrected chi connectivity index (χ1v) is 11.6. The Morgan fingerprint density at radius 3 is 2.64 bits per heavy atom. The van der Waals surface area contributed by atoms with E-state index in [1.54, 1.807) is 4.68 Å². The number of para-hydroxylation sites is 1. The number of hydrogen-bond acceptors (Lipinski definition) is 6. The van der Waals surface area contributed by atoms with Gasteiger partial charge in [-0.05, 0) is 66.0 Å². The molecule has 3 aromatic rings. The Labute approximate surface area is 201 Å². The highest BCUT2D eigenvalue weighted by molar-refractivity contribution is 9.10. The molecule has 33 heavy (non-hydrogen) atoms. The summed E-state index contributed by atoms with van der Waals surface area (Å²) in [6.45, 7) is 6.92. The summed E-state index contributed by atoms with van der Waals surface area (Å²) in [5.41, 5.74) is 9.78. The van der Waals surface area contributed by atoms with Crippen molar-refractivity contribution >= 4 is 15.9 Å². The topological polar surface area (TPSA) is 95.3 Å². The average molecular weight is 509 g/mol. The van der Waals surface area contributed by atoms with E-state index in [9.17, 15) is 5.26 Å². The van der Waals surface area contributed by atoms with E-state index in [0.717, 1.165) is 33.4 Å². The fraction of sp³-hybridized carbons (Fsp3) is 0.280. The molecule has 1 unspecified atom stereocenters. The van der Waals surface area contributed by atoms with Gasteiger partial charge in [0.1, 0.15) is 11.6 Å². The molecule has 4 rings (SSSR count). The zero-order chi connectivity index (χ0) is 23.5. The Hall–Kier alpha value is -3.44. The highest BCUT2D eigenvalue weighted by atomic mass is 79.9. The molecule has 0 spiro atoms. The van der Waals surface area contributed by atoms with Gasteiger partial charge in [-0.25, -0.2) is 4.68 Å². The zero-order valence-electron chi connectivity index (χ0n) is 18.8. The second-order valence-corrected chi connectivity index (χ2v) is 8.44. The number of benzene rings is 2. The quantitative estimate of drug-likeness (QED) is 0.462. The summed E-state index contributed by atoms with van der Waals surface area (Å²) >= 11 is 3.63. The molecule has 2 N–H and O–H groups in total. The normalized spacial score (nSPS) is 14.9. The Kier molecular flexibility index (Phi) is 6.61. The molecule has 1 aliphatic heterocycles. The smallest absolute Gasteiger partial charge is 0.229 e. The first kappa shape index (κ1) is 22.7. The van der Waals surface area contributed by atoms with Gasteiger partial charge in [0.25, 0.3) is 0 Å². The van der Waals surface area contributed by atoms with E-state index in [0.29, 0.717) is 36.2 Å². The third kappa shape index (κ3) is 4.16. The molecule has 0 amide bonds. The molecule has 0 saturated carbocycles. The SMILES string of the molecule is CCCOc1c(Br)cc(C2C(C#N)=C(N)Oc3c2c(C)nn3-c2ccccc2)cc1OCC. The van der Waals surface area contributed by atoms with Crippen molar-refractivity contribution in [1.82, 2.24) is 9.78 Å². The molecule has 8 heteroatoms. The highest BCUT2D eigenvalue weighted by Gasteiger charge is 2.37. The largest absolute Gasteiger partial charge is 0.490 e. The number of aromatic nitrogens is 2. The second-order valence-electron chi connectivity index (χ2n) is 7.59. The molecule has 170 valence electrons. The van der Waals surface area contributed by atoms with Crippen LogP contribution in [0.3, 0.4) is 0 Å². The molecule has 1 aromatic heterocycles. The van der Waals surface area contributed by atoms with Crippen molar-refractivity contribution in [3.05, 3.63) is 75.2 Å². The third-order valence-electron chi connectivity index (χ3n) is 5.35. The molecule has 2 heterocycles. The number of rotatable bonds is 7. The van der Waals surface area contributed by atoms with Crippen LogP contribution in [0.4, 0.5) is 0 Å². The standard InChI is InChI=1S/C25H25BrN4O3/c1-4-11-32-23-19(26)12-16(13-20(23)31-5-2)22-18(14-27)24(28)33-25-21(22)15(3)29-30(25)17-9-7-6-8-10-17/h6-10,12-13,22H,4-5,11,28H2,1-3H3. The van der Waals surface area contributed by atoms with Crippen LogP contribution in [0.1, 0.15) is 43.0 Å². The first-order chi connectivity index (χ1) is 16.0. The number of hydrogen-bond donors (Lipinski definition) is 1. The lowest BCUT2D eigenvalue weighted by atomic mass is 9.84. The molecule has 7 nitrogen and oxygen atoms in total. The average Bonchev–Trinajstić information content (AvgIpc) is 3.14. The minimum Gasteiger partial charge on any atom is -0.490 e. The Balaban J connectivity index is 1.91. The van der Waals surface area contributed by atoms with Crippen molar-refractivity contribution in [1.29, 1.82) is 5.26 Å². The molecule has 0 bridgehead atoms. The minimum absolute atomic E-state index is 0.0625. The van der Waals surface area contributed by atoms with Crippen LogP contribution in [0, 0.1) is 18.3 Å². The highest BCUT2D eigenvalue weighted by Crippen LogP contribution is 2.48. The molecule has 0 aliphatic carbocycles. The van der Waals surface area contributed by atoms with Gasteiger partial charge in [-0.2, -0.15) is 10.4 Å². The molecule has 1 aliphatic rings. The van der Waals surface area contributed by atoms with Gasteiger partial charge in [-0.3, -0.25) is 0 Å². The van der Waals surface area contributed by atoms with Crippen LogP contribution in [0.25, 0.3) is 5.69 Å². The molecule has 2 aromatic carbocycles. The van der Waals surface area contributed by atoms with Gasteiger partial charge in [0, 0.05) is 0 Å². The van der Waals surface area contributed by atoms with Crippen LogP contribution in [0.5, 0.6) is 17.4 Å². The summed E-state index contributed by atoms with van der Waals surface area (Å²) in [6.07, 6.45) is 0.874. The Morgan fingerprint density at radius 2 is 1.97 bits per heavy atom. The summed E-state index contributed by atoms with van der Waals surface area (Å²) in [6, 6.07) is 15.8.